The number of hydrogen-bond donors (Lipinski definition) is 1. The third-order valence-electron chi connectivity index (χ3n) is 9.00. The van der Waals surface area contributed by atoms with E-state index < -0.39 is 8.24 Å². The largest absolute Gasteiger partial charge is 0.497 e. The molecule has 4 heteroatoms. The number of aryl methyl sites for hydroxylation is 2. The van der Waals surface area contributed by atoms with Gasteiger partial charge in [0.1, 0.15) is 5.76 Å². The number of rotatable bonds is 6. The summed E-state index contributed by atoms with van der Waals surface area (Å²) in [5.74, 6) is 2.06. The van der Waals surface area contributed by atoms with Crippen LogP contribution < -0.4 is 15.4 Å². The van der Waals surface area contributed by atoms with E-state index in [1.807, 2.05) is 7.11 Å². The van der Waals surface area contributed by atoms with E-state index in [1.165, 1.54) is 59.4 Å². The molecular formula is C33H46N2OSi. The predicted octanol–water partition coefficient (Wildman–Crippen LogP) is 5.71. The lowest BCUT2D eigenvalue weighted by Gasteiger charge is -2.46. The maximum Gasteiger partial charge on any atom is 0.194 e. The predicted molar refractivity (Wildman–Crippen MR) is 159 cm³/mol. The van der Waals surface area contributed by atoms with E-state index >= 15 is 0 Å². The van der Waals surface area contributed by atoms with Gasteiger partial charge in [0, 0.05) is 17.5 Å². The molecule has 1 saturated heterocycles. The Morgan fingerprint density at radius 3 is 1.84 bits per heavy atom. The summed E-state index contributed by atoms with van der Waals surface area (Å²) in [5, 5.41) is 3.02. The molecule has 4 atom stereocenters. The van der Waals surface area contributed by atoms with Crippen molar-refractivity contribution in [1.29, 1.82) is 0 Å². The lowest BCUT2D eigenvalue weighted by atomic mass is 9.85. The van der Waals surface area contributed by atoms with E-state index in [0.717, 1.165) is 5.76 Å². The highest BCUT2D eigenvalue weighted by molar-refractivity contribution is 7.01. The smallest absolute Gasteiger partial charge is 0.194 e. The van der Waals surface area contributed by atoms with Gasteiger partial charge in [0.25, 0.3) is 0 Å². The van der Waals surface area contributed by atoms with Gasteiger partial charge in [0.05, 0.1) is 7.11 Å². The summed E-state index contributed by atoms with van der Waals surface area (Å²) in [6.07, 6.45) is 8.95. The van der Waals surface area contributed by atoms with Crippen molar-refractivity contribution in [3.05, 3.63) is 83.1 Å². The zero-order valence-corrected chi connectivity index (χ0v) is 25.0. The van der Waals surface area contributed by atoms with E-state index in [1.54, 1.807) is 0 Å². The van der Waals surface area contributed by atoms with Gasteiger partial charge in [-0.05, 0) is 107 Å². The molecule has 4 unspecified atom stereocenters. The van der Waals surface area contributed by atoms with Gasteiger partial charge in [-0.15, -0.1) is 0 Å². The highest BCUT2D eigenvalue weighted by Gasteiger charge is 2.57. The van der Waals surface area contributed by atoms with Crippen LogP contribution in [0.5, 0.6) is 0 Å². The molecule has 2 fully saturated rings. The Labute approximate surface area is 226 Å². The van der Waals surface area contributed by atoms with E-state index in [2.05, 4.69) is 112 Å². The standard InChI is InChI=1S/C33H46N2OSi/c1-23-10-14-26(15-11-23)37(34-33(4,5)6,27-16-12-24(2)13-17-27)32-22-30(35-18-8-9-19-35)28-21-31(36-7)25(3)20-29(28)32/h10-17,20-21,28-30,32,34H,8-9,18-19,22H2,1-7H3. The van der Waals surface area contributed by atoms with Crippen molar-refractivity contribution in [1.82, 2.24) is 9.88 Å². The zero-order valence-electron chi connectivity index (χ0n) is 24.0. The molecule has 2 aromatic carbocycles. The highest BCUT2D eigenvalue weighted by atomic mass is 28.3. The van der Waals surface area contributed by atoms with E-state index in [0.29, 0.717) is 23.4 Å². The monoisotopic (exact) mass is 514 g/mol. The highest BCUT2D eigenvalue weighted by Crippen LogP contribution is 2.52. The molecule has 3 nitrogen and oxygen atoms in total. The molecule has 0 radical (unpaired) electrons. The Morgan fingerprint density at radius 1 is 0.811 bits per heavy atom. The van der Waals surface area contributed by atoms with Crippen LogP contribution in [0.15, 0.2) is 72.0 Å². The first-order chi connectivity index (χ1) is 17.6. The van der Waals surface area contributed by atoms with Crippen LogP contribution in [0.25, 0.3) is 0 Å². The van der Waals surface area contributed by atoms with Crippen LogP contribution in [-0.4, -0.2) is 44.9 Å². The minimum atomic E-state index is -2.45. The number of nitrogens with one attached hydrogen (secondary N) is 1. The van der Waals surface area contributed by atoms with Crippen LogP contribution in [-0.2, 0) is 4.74 Å². The van der Waals surface area contributed by atoms with E-state index in [-0.39, 0.29) is 5.54 Å². The molecule has 1 aliphatic heterocycles. The van der Waals surface area contributed by atoms with Crippen molar-refractivity contribution in [2.45, 2.75) is 77.9 Å². The number of nitrogens with zero attached hydrogens (tertiary/aromatic N) is 1. The zero-order chi connectivity index (χ0) is 26.4. The lowest BCUT2D eigenvalue weighted by molar-refractivity contribution is 0.203. The Kier molecular flexibility index (Phi) is 7.30. The first kappa shape index (κ1) is 26.5. The molecule has 0 aromatic heterocycles. The van der Waals surface area contributed by atoms with Gasteiger partial charge in [0.15, 0.2) is 8.24 Å². The van der Waals surface area contributed by atoms with Gasteiger partial charge in [-0.3, -0.25) is 4.90 Å². The number of fused-ring (bicyclic) bond motifs is 1. The molecule has 3 aliphatic rings. The molecule has 0 amide bonds. The van der Waals surface area contributed by atoms with E-state index in [4.69, 9.17) is 4.74 Å². The Morgan fingerprint density at radius 2 is 1.35 bits per heavy atom. The third kappa shape index (κ3) is 5.00. The van der Waals surface area contributed by atoms with Gasteiger partial charge >= 0.3 is 0 Å². The lowest BCUT2D eigenvalue weighted by Crippen LogP contribution is -2.75. The molecule has 2 aliphatic carbocycles. The second-order valence-corrected chi connectivity index (χ2v) is 16.6. The topological polar surface area (TPSA) is 24.5 Å². The van der Waals surface area contributed by atoms with Crippen LogP contribution in [0, 0.1) is 25.7 Å². The Balaban J connectivity index is 1.73. The Bertz CT molecular complexity index is 1110. The summed E-state index contributed by atoms with van der Waals surface area (Å²) in [6, 6.07) is 19.6. The molecule has 5 rings (SSSR count). The Hall–Kier alpha value is -2.14. The minimum Gasteiger partial charge on any atom is -0.497 e. The van der Waals surface area contributed by atoms with Gasteiger partial charge in [-0.25, -0.2) is 0 Å². The second kappa shape index (κ2) is 10.2. The summed E-state index contributed by atoms with van der Waals surface area (Å²) in [7, 11) is -0.617. The van der Waals surface area contributed by atoms with Crippen LogP contribution in [0.4, 0.5) is 0 Å². The fourth-order valence-electron chi connectivity index (χ4n) is 7.44. The first-order valence-electron chi connectivity index (χ1n) is 14.2. The maximum atomic E-state index is 5.89. The summed E-state index contributed by atoms with van der Waals surface area (Å²) >= 11 is 0. The second-order valence-electron chi connectivity index (χ2n) is 12.8. The van der Waals surface area contributed by atoms with Crippen molar-refractivity contribution < 1.29 is 4.74 Å². The number of hydrogen-bond acceptors (Lipinski definition) is 3. The van der Waals surface area contributed by atoms with Gasteiger partial charge in [-0.1, -0.05) is 65.7 Å². The molecule has 1 heterocycles. The number of allylic oxidation sites excluding steroid dienone is 2. The molecule has 0 bridgehead atoms. The molecule has 198 valence electrons. The quantitative estimate of drug-likeness (QED) is 0.500. The molecule has 1 N–H and O–H groups in total. The maximum absolute atomic E-state index is 5.89. The van der Waals surface area contributed by atoms with Gasteiger partial charge in [0.2, 0.25) is 0 Å². The fraction of sp³-hybridized carbons (Fsp3) is 0.515. The molecule has 2 aromatic rings. The molecule has 1 saturated carbocycles. The number of benzene rings is 2. The number of likely N-dealkylation sites (tertiary alicyclic amines) is 1. The van der Waals surface area contributed by atoms with Gasteiger partial charge < -0.3 is 9.72 Å². The van der Waals surface area contributed by atoms with Crippen molar-refractivity contribution in [3.63, 3.8) is 0 Å². The van der Waals surface area contributed by atoms with Crippen LogP contribution >= 0.6 is 0 Å². The summed E-state index contributed by atoms with van der Waals surface area (Å²) < 4.78 is 5.89. The van der Waals surface area contributed by atoms with Crippen molar-refractivity contribution >= 4 is 18.6 Å². The third-order valence-corrected chi connectivity index (χ3v) is 14.4. The minimum absolute atomic E-state index is 0.00975. The molecule has 0 spiro atoms. The van der Waals surface area contributed by atoms with Gasteiger partial charge in [-0.2, -0.15) is 0 Å². The van der Waals surface area contributed by atoms with Crippen LogP contribution in [0.1, 0.15) is 58.1 Å². The fourth-order valence-corrected chi connectivity index (χ4v) is 13.2. The normalized spacial score (nSPS) is 26.6. The van der Waals surface area contributed by atoms with Crippen LogP contribution in [0.3, 0.4) is 0 Å². The van der Waals surface area contributed by atoms with Crippen molar-refractivity contribution in [2.75, 3.05) is 20.2 Å². The first-order valence-corrected chi connectivity index (χ1v) is 16.3. The number of methoxy groups -OCH3 is 1. The average molecular weight is 515 g/mol. The molecular weight excluding hydrogens is 468 g/mol. The van der Waals surface area contributed by atoms with E-state index in [9.17, 15) is 0 Å². The summed E-state index contributed by atoms with van der Waals surface area (Å²) in [4.78, 5) is 7.21. The van der Waals surface area contributed by atoms with Crippen molar-refractivity contribution in [2.24, 2.45) is 11.8 Å². The van der Waals surface area contributed by atoms with Crippen LogP contribution in [0.2, 0.25) is 5.54 Å². The summed E-state index contributed by atoms with van der Waals surface area (Å²) in [6.45, 7) is 16.2. The average Bonchev–Trinajstić information content (AvgIpc) is 3.51. The molecule has 37 heavy (non-hydrogen) atoms. The SMILES string of the molecule is COC1=CC2C(C=C1C)C([Si](NC(C)(C)C)(c1ccc(C)cc1)c1ccc(C)cc1)CC2N1CCCC1. The number of ether oxygens (including phenoxy) is 1. The van der Waals surface area contributed by atoms with Crippen molar-refractivity contribution in [3.8, 4) is 0 Å². The summed E-state index contributed by atoms with van der Waals surface area (Å²) in [5.41, 5.74) is 4.47.